The largest absolute Gasteiger partial charge is 0.382 e. The second kappa shape index (κ2) is 7.39. The second-order valence-corrected chi connectivity index (χ2v) is 9.73. The van der Waals surface area contributed by atoms with Gasteiger partial charge in [0.15, 0.2) is 0 Å². The molecule has 25 heavy (non-hydrogen) atoms. The Hall–Kier alpha value is -1.51. The summed E-state index contributed by atoms with van der Waals surface area (Å²) in [5.74, 6) is 0. The van der Waals surface area contributed by atoms with Gasteiger partial charge in [-0.3, -0.25) is 0 Å². The number of aryl methyl sites for hydroxylation is 2. The van der Waals surface area contributed by atoms with E-state index >= 15 is 0 Å². The van der Waals surface area contributed by atoms with E-state index in [-0.39, 0.29) is 6.54 Å². The minimum atomic E-state index is -3.57. The van der Waals surface area contributed by atoms with Crippen molar-refractivity contribution < 1.29 is 13.5 Å². The summed E-state index contributed by atoms with van der Waals surface area (Å²) in [6.07, 6.45) is -0.658. The summed E-state index contributed by atoms with van der Waals surface area (Å²) < 4.78 is 27.8. The molecule has 4 nitrogen and oxygen atoms in total. The van der Waals surface area contributed by atoms with E-state index < -0.39 is 16.1 Å². The smallest absolute Gasteiger partial charge is 0.241 e. The van der Waals surface area contributed by atoms with Crippen LogP contribution in [0.5, 0.6) is 0 Å². The van der Waals surface area contributed by atoms with Crippen LogP contribution < -0.4 is 4.72 Å². The Kier molecular flexibility index (Phi) is 5.41. The summed E-state index contributed by atoms with van der Waals surface area (Å²) in [4.78, 5) is 2.86. The lowest BCUT2D eigenvalue weighted by Crippen LogP contribution is -2.23. The Bertz CT molecular complexity index is 959. The number of aliphatic hydroxyl groups excluding tert-OH is 1. The number of nitrogens with one attached hydrogen (secondary N) is 1. The third-order valence-corrected chi connectivity index (χ3v) is 7.44. The SMILES string of the molecule is Cc1ccc(C)c(S(=O)(=O)NCc2ccc(C(O)c3cccs3)s2)c1. The van der Waals surface area contributed by atoms with Crippen LogP contribution in [0.1, 0.15) is 31.9 Å². The minimum absolute atomic E-state index is 0.206. The first-order chi connectivity index (χ1) is 11.9. The molecule has 0 amide bonds. The van der Waals surface area contributed by atoms with E-state index in [1.165, 1.54) is 22.7 Å². The highest BCUT2D eigenvalue weighted by Gasteiger charge is 2.18. The number of sulfonamides is 1. The Morgan fingerprint density at radius 2 is 1.92 bits per heavy atom. The van der Waals surface area contributed by atoms with Gasteiger partial charge in [-0.2, -0.15) is 0 Å². The Labute approximate surface area is 155 Å². The molecule has 1 unspecified atom stereocenters. The standard InChI is InChI=1S/C18H19NO3S3/c1-12-5-6-13(2)17(10-12)25(21,22)19-11-14-7-8-16(24-14)18(20)15-4-3-9-23-15/h3-10,18-20H,11H2,1-2H3. The van der Waals surface area contributed by atoms with Crippen LogP contribution >= 0.6 is 22.7 Å². The fraction of sp³-hybridized carbons (Fsp3) is 0.222. The lowest BCUT2D eigenvalue weighted by atomic mass is 10.2. The summed E-state index contributed by atoms with van der Waals surface area (Å²) in [5, 5.41) is 12.3. The van der Waals surface area contributed by atoms with Crippen LogP contribution in [0.15, 0.2) is 52.7 Å². The van der Waals surface area contributed by atoms with Gasteiger partial charge in [0, 0.05) is 21.2 Å². The maximum absolute atomic E-state index is 12.6. The van der Waals surface area contributed by atoms with E-state index in [0.717, 1.165) is 25.8 Å². The van der Waals surface area contributed by atoms with Crippen LogP contribution in [-0.2, 0) is 16.6 Å². The molecule has 0 saturated carbocycles. The number of thiophene rings is 2. The number of hydrogen-bond acceptors (Lipinski definition) is 5. The van der Waals surface area contributed by atoms with Gasteiger partial charge in [-0.1, -0.05) is 18.2 Å². The third kappa shape index (κ3) is 4.19. The van der Waals surface area contributed by atoms with Gasteiger partial charge < -0.3 is 5.11 Å². The van der Waals surface area contributed by atoms with E-state index in [1.54, 1.807) is 13.0 Å². The predicted molar refractivity (Wildman–Crippen MR) is 103 cm³/mol. The minimum Gasteiger partial charge on any atom is -0.382 e. The molecule has 0 saturated heterocycles. The first-order valence-corrected chi connectivity index (χ1v) is 10.9. The van der Waals surface area contributed by atoms with Gasteiger partial charge in [-0.05, 0) is 54.6 Å². The van der Waals surface area contributed by atoms with Crippen molar-refractivity contribution >= 4 is 32.7 Å². The van der Waals surface area contributed by atoms with Gasteiger partial charge in [0.2, 0.25) is 10.0 Å². The summed E-state index contributed by atoms with van der Waals surface area (Å²) in [6.45, 7) is 3.86. The van der Waals surface area contributed by atoms with Crippen molar-refractivity contribution in [2.75, 3.05) is 0 Å². The Morgan fingerprint density at radius 3 is 2.64 bits per heavy atom. The van der Waals surface area contributed by atoms with Crippen molar-refractivity contribution in [3.8, 4) is 0 Å². The van der Waals surface area contributed by atoms with E-state index in [2.05, 4.69) is 4.72 Å². The molecule has 2 N–H and O–H groups in total. The van der Waals surface area contributed by atoms with Gasteiger partial charge in [0.05, 0.1) is 4.90 Å². The zero-order valence-electron chi connectivity index (χ0n) is 13.9. The van der Waals surface area contributed by atoms with Crippen LogP contribution in [0.4, 0.5) is 0 Å². The molecule has 132 valence electrons. The summed E-state index contributed by atoms with van der Waals surface area (Å²) in [6, 6.07) is 12.9. The normalized spacial score (nSPS) is 13.1. The quantitative estimate of drug-likeness (QED) is 0.665. The number of hydrogen-bond donors (Lipinski definition) is 2. The average molecular weight is 394 g/mol. The van der Waals surface area contributed by atoms with E-state index in [4.69, 9.17) is 0 Å². The molecule has 0 spiro atoms. The van der Waals surface area contributed by atoms with Crippen molar-refractivity contribution in [1.29, 1.82) is 0 Å². The molecule has 1 aromatic carbocycles. The van der Waals surface area contributed by atoms with Crippen molar-refractivity contribution in [2.24, 2.45) is 0 Å². The van der Waals surface area contributed by atoms with Crippen molar-refractivity contribution in [3.05, 3.63) is 73.6 Å². The first-order valence-electron chi connectivity index (χ1n) is 7.74. The maximum Gasteiger partial charge on any atom is 0.241 e. The highest BCUT2D eigenvalue weighted by molar-refractivity contribution is 7.89. The molecule has 0 aliphatic rings. The zero-order chi connectivity index (χ0) is 18.0. The monoisotopic (exact) mass is 393 g/mol. The van der Waals surface area contributed by atoms with Gasteiger partial charge in [-0.25, -0.2) is 13.1 Å². The second-order valence-electron chi connectivity index (χ2n) is 5.82. The van der Waals surface area contributed by atoms with Crippen LogP contribution in [0, 0.1) is 13.8 Å². The molecule has 0 aliphatic carbocycles. The average Bonchev–Trinajstić information content (AvgIpc) is 3.26. The maximum atomic E-state index is 12.6. The highest BCUT2D eigenvalue weighted by atomic mass is 32.2. The Balaban J connectivity index is 1.72. The van der Waals surface area contributed by atoms with Gasteiger partial charge in [-0.15, -0.1) is 22.7 Å². The molecule has 0 bridgehead atoms. The van der Waals surface area contributed by atoms with E-state index in [9.17, 15) is 13.5 Å². The van der Waals surface area contributed by atoms with Crippen LogP contribution in [0.2, 0.25) is 0 Å². The molecule has 3 aromatic rings. The third-order valence-electron chi connectivity index (χ3n) is 3.83. The Morgan fingerprint density at radius 1 is 1.12 bits per heavy atom. The van der Waals surface area contributed by atoms with Gasteiger partial charge >= 0.3 is 0 Å². The number of aliphatic hydroxyl groups is 1. The molecule has 3 rings (SSSR count). The fourth-order valence-corrected chi connectivity index (χ4v) is 5.65. The summed E-state index contributed by atoms with van der Waals surface area (Å²) in [5.41, 5.74) is 1.63. The number of rotatable bonds is 6. The molecule has 1 atom stereocenters. The van der Waals surface area contributed by atoms with E-state index in [0.29, 0.717) is 4.90 Å². The van der Waals surface area contributed by atoms with Crippen LogP contribution in [0.25, 0.3) is 0 Å². The fourth-order valence-electron chi connectivity index (χ4n) is 2.46. The summed E-state index contributed by atoms with van der Waals surface area (Å²) >= 11 is 2.91. The summed E-state index contributed by atoms with van der Waals surface area (Å²) in [7, 11) is -3.57. The number of benzene rings is 1. The molecular formula is C18H19NO3S3. The lowest BCUT2D eigenvalue weighted by Gasteiger charge is -2.09. The van der Waals surface area contributed by atoms with Gasteiger partial charge in [0.25, 0.3) is 0 Å². The van der Waals surface area contributed by atoms with Crippen LogP contribution in [-0.4, -0.2) is 13.5 Å². The highest BCUT2D eigenvalue weighted by Crippen LogP contribution is 2.31. The molecule has 0 fully saturated rings. The molecule has 0 radical (unpaired) electrons. The molecular weight excluding hydrogens is 374 g/mol. The van der Waals surface area contributed by atoms with Crippen LogP contribution in [0.3, 0.4) is 0 Å². The predicted octanol–water partition coefficient (Wildman–Crippen LogP) is 3.99. The van der Waals surface area contributed by atoms with Crippen molar-refractivity contribution in [2.45, 2.75) is 31.4 Å². The van der Waals surface area contributed by atoms with Gasteiger partial charge in [0.1, 0.15) is 6.10 Å². The van der Waals surface area contributed by atoms with Crippen molar-refractivity contribution in [3.63, 3.8) is 0 Å². The molecule has 2 heterocycles. The zero-order valence-corrected chi connectivity index (χ0v) is 16.3. The molecule has 2 aromatic heterocycles. The van der Waals surface area contributed by atoms with E-state index in [1.807, 2.05) is 48.7 Å². The topological polar surface area (TPSA) is 66.4 Å². The van der Waals surface area contributed by atoms with Crippen molar-refractivity contribution in [1.82, 2.24) is 4.72 Å². The first kappa shape index (κ1) is 18.3. The molecule has 7 heteroatoms. The molecule has 0 aliphatic heterocycles. The lowest BCUT2D eigenvalue weighted by molar-refractivity contribution is 0.228.